The lowest BCUT2D eigenvalue weighted by molar-refractivity contribution is 0.137. The number of hydrogen-bond donors (Lipinski definition) is 1. The maximum atomic E-state index is 10.1. The summed E-state index contributed by atoms with van der Waals surface area (Å²) < 4.78 is 7.17. The van der Waals surface area contributed by atoms with Gasteiger partial charge in [0.05, 0.1) is 11.8 Å². The van der Waals surface area contributed by atoms with Crippen LogP contribution in [-0.2, 0) is 13.0 Å². The predicted molar refractivity (Wildman–Crippen MR) is 70.9 cm³/mol. The van der Waals surface area contributed by atoms with Gasteiger partial charge in [0.15, 0.2) is 0 Å². The summed E-state index contributed by atoms with van der Waals surface area (Å²) in [5.41, 5.74) is 0.886. The van der Waals surface area contributed by atoms with Gasteiger partial charge < -0.3 is 14.2 Å². The van der Waals surface area contributed by atoms with Crippen molar-refractivity contribution in [3.05, 3.63) is 30.2 Å². The van der Waals surface area contributed by atoms with E-state index in [2.05, 4.69) is 20.3 Å². The second-order valence-corrected chi connectivity index (χ2v) is 5.43. The fourth-order valence-corrected chi connectivity index (χ4v) is 2.69. The smallest absolute Gasteiger partial charge is 0.137 e. The zero-order valence-electron chi connectivity index (χ0n) is 11.5. The van der Waals surface area contributed by atoms with Crippen LogP contribution < -0.4 is 0 Å². The van der Waals surface area contributed by atoms with Gasteiger partial charge in [-0.05, 0) is 6.92 Å². The third kappa shape index (κ3) is 3.05. The number of aliphatic hydroxyl groups is 1. The largest absolute Gasteiger partial charge is 0.391 e. The fraction of sp³-hybridized carbons (Fsp3) is 0.615. The van der Waals surface area contributed by atoms with Crippen LogP contribution in [0.3, 0.4) is 0 Å². The molecule has 2 atom stereocenters. The van der Waals surface area contributed by atoms with Gasteiger partial charge in [0, 0.05) is 44.6 Å². The summed E-state index contributed by atoms with van der Waals surface area (Å²) in [4.78, 5) is 2.26. The number of nitrogens with zero attached hydrogens (tertiary/aromatic N) is 5. The van der Waals surface area contributed by atoms with Gasteiger partial charge in [0.25, 0.3) is 0 Å². The quantitative estimate of drug-likeness (QED) is 0.835. The molecule has 0 radical (unpaired) electrons. The summed E-state index contributed by atoms with van der Waals surface area (Å²) >= 11 is 0. The molecule has 0 amide bonds. The first-order chi connectivity index (χ1) is 9.70. The van der Waals surface area contributed by atoms with Crippen LogP contribution in [-0.4, -0.2) is 55.7 Å². The van der Waals surface area contributed by atoms with Crippen LogP contribution in [0, 0.1) is 12.8 Å². The van der Waals surface area contributed by atoms with Gasteiger partial charge in [-0.1, -0.05) is 5.16 Å². The average Bonchev–Trinajstić information content (AvgIpc) is 3.11. The van der Waals surface area contributed by atoms with E-state index in [0.29, 0.717) is 6.54 Å². The number of β-amino-alcohol motifs (C(OH)–C–C–N with tert-alkyl or cyclic N) is 1. The highest BCUT2D eigenvalue weighted by Crippen LogP contribution is 2.21. The maximum Gasteiger partial charge on any atom is 0.137 e. The third-order valence-corrected chi connectivity index (χ3v) is 3.76. The Hall–Kier alpha value is -1.73. The van der Waals surface area contributed by atoms with E-state index in [0.717, 1.165) is 37.5 Å². The van der Waals surface area contributed by atoms with Gasteiger partial charge in [0.1, 0.15) is 18.4 Å². The molecule has 0 saturated carbocycles. The molecule has 1 aliphatic rings. The van der Waals surface area contributed by atoms with Crippen molar-refractivity contribution >= 4 is 0 Å². The van der Waals surface area contributed by atoms with E-state index in [9.17, 15) is 5.11 Å². The van der Waals surface area contributed by atoms with Crippen molar-refractivity contribution in [1.82, 2.24) is 24.8 Å². The fourth-order valence-electron chi connectivity index (χ4n) is 2.69. The van der Waals surface area contributed by atoms with Crippen LogP contribution >= 0.6 is 0 Å². The first-order valence-corrected chi connectivity index (χ1v) is 6.86. The summed E-state index contributed by atoms with van der Waals surface area (Å²) in [5.74, 6) is 1.07. The van der Waals surface area contributed by atoms with Crippen LogP contribution in [0.4, 0.5) is 0 Å². The minimum absolute atomic E-state index is 0.211. The van der Waals surface area contributed by atoms with Crippen molar-refractivity contribution in [1.29, 1.82) is 0 Å². The monoisotopic (exact) mass is 277 g/mol. The minimum Gasteiger partial charge on any atom is -0.391 e. The first kappa shape index (κ1) is 13.3. The Morgan fingerprint density at radius 3 is 2.80 bits per heavy atom. The highest BCUT2D eigenvalue weighted by molar-refractivity contribution is 5.05. The Balaban J connectivity index is 1.51. The molecule has 3 rings (SSSR count). The third-order valence-electron chi connectivity index (χ3n) is 3.76. The van der Waals surface area contributed by atoms with Gasteiger partial charge in [0.2, 0.25) is 0 Å². The Morgan fingerprint density at radius 2 is 2.10 bits per heavy atom. The highest BCUT2D eigenvalue weighted by Gasteiger charge is 2.31. The Morgan fingerprint density at radius 1 is 1.30 bits per heavy atom. The number of hydrogen-bond acceptors (Lipinski definition) is 6. The molecule has 0 aliphatic carbocycles. The zero-order chi connectivity index (χ0) is 13.9. The van der Waals surface area contributed by atoms with E-state index in [1.807, 2.05) is 17.6 Å². The van der Waals surface area contributed by atoms with Crippen molar-refractivity contribution in [3.8, 4) is 0 Å². The van der Waals surface area contributed by atoms with E-state index < -0.39 is 0 Å². The summed E-state index contributed by atoms with van der Waals surface area (Å²) in [6, 6.07) is 1.94. The second kappa shape index (κ2) is 5.72. The maximum absolute atomic E-state index is 10.1. The molecule has 108 valence electrons. The SMILES string of the molecule is Cc1cc(C[C@@H]2CN(CCn3cnnc3)C[C@@H]2O)on1. The Kier molecular flexibility index (Phi) is 3.79. The molecular formula is C13H19N5O2. The Labute approximate surface area is 117 Å². The van der Waals surface area contributed by atoms with Gasteiger partial charge in [-0.2, -0.15) is 0 Å². The van der Waals surface area contributed by atoms with E-state index >= 15 is 0 Å². The summed E-state index contributed by atoms with van der Waals surface area (Å²) in [6.45, 7) is 5.22. The van der Waals surface area contributed by atoms with Crippen LogP contribution in [0.25, 0.3) is 0 Å². The van der Waals surface area contributed by atoms with Crippen LogP contribution in [0.1, 0.15) is 11.5 Å². The summed E-state index contributed by atoms with van der Waals surface area (Å²) in [5, 5.41) is 21.6. The topological polar surface area (TPSA) is 80.2 Å². The molecule has 1 fully saturated rings. The van der Waals surface area contributed by atoms with Crippen LogP contribution in [0.5, 0.6) is 0 Å². The van der Waals surface area contributed by atoms with Crippen LogP contribution in [0.2, 0.25) is 0 Å². The molecule has 2 aromatic heterocycles. The van der Waals surface area contributed by atoms with E-state index in [1.165, 1.54) is 0 Å². The lowest BCUT2D eigenvalue weighted by Gasteiger charge is -2.14. The normalized spacial score (nSPS) is 23.5. The average molecular weight is 277 g/mol. The highest BCUT2D eigenvalue weighted by atomic mass is 16.5. The number of aromatic nitrogens is 4. The van der Waals surface area contributed by atoms with Crippen molar-refractivity contribution in [3.63, 3.8) is 0 Å². The van der Waals surface area contributed by atoms with Crippen molar-refractivity contribution in [2.45, 2.75) is 26.0 Å². The molecule has 0 bridgehead atoms. The summed E-state index contributed by atoms with van der Waals surface area (Å²) in [7, 11) is 0. The van der Waals surface area contributed by atoms with E-state index in [1.54, 1.807) is 12.7 Å². The molecule has 7 heteroatoms. The number of aliphatic hydroxyl groups excluding tert-OH is 1. The first-order valence-electron chi connectivity index (χ1n) is 6.86. The molecule has 1 aliphatic heterocycles. The molecular weight excluding hydrogens is 258 g/mol. The minimum atomic E-state index is -0.304. The van der Waals surface area contributed by atoms with Crippen LogP contribution in [0.15, 0.2) is 23.2 Å². The van der Waals surface area contributed by atoms with Gasteiger partial charge in [-0.3, -0.25) is 4.90 Å². The number of likely N-dealkylation sites (tertiary alicyclic amines) is 1. The van der Waals surface area contributed by atoms with Crippen molar-refractivity contribution in [2.75, 3.05) is 19.6 Å². The molecule has 1 N–H and O–H groups in total. The van der Waals surface area contributed by atoms with E-state index in [4.69, 9.17) is 4.52 Å². The molecule has 2 aromatic rings. The van der Waals surface area contributed by atoms with Crippen molar-refractivity contribution in [2.24, 2.45) is 5.92 Å². The van der Waals surface area contributed by atoms with Gasteiger partial charge in [-0.15, -0.1) is 10.2 Å². The molecule has 20 heavy (non-hydrogen) atoms. The van der Waals surface area contributed by atoms with E-state index in [-0.39, 0.29) is 12.0 Å². The van der Waals surface area contributed by atoms with Gasteiger partial charge in [-0.25, -0.2) is 0 Å². The van der Waals surface area contributed by atoms with Crippen molar-refractivity contribution < 1.29 is 9.63 Å². The lowest BCUT2D eigenvalue weighted by atomic mass is 10.0. The molecule has 1 saturated heterocycles. The molecule has 0 spiro atoms. The van der Waals surface area contributed by atoms with Gasteiger partial charge >= 0.3 is 0 Å². The predicted octanol–water partition coefficient (Wildman–Crippen LogP) is 0.110. The summed E-state index contributed by atoms with van der Waals surface area (Å²) in [6.07, 6.45) is 3.86. The second-order valence-electron chi connectivity index (χ2n) is 5.43. The molecule has 3 heterocycles. The number of rotatable bonds is 5. The zero-order valence-corrected chi connectivity index (χ0v) is 11.5. The molecule has 7 nitrogen and oxygen atoms in total. The lowest BCUT2D eigenvalue weighted by Crippen LogP contribution is -2.25. The Bertz CT molecular complexity index is 539. The molecule has 0 aromatic carbocycles. The standard InChI is InChI=1S/C13H19N5O2/c1-10-4-12(20-16-10)5-11-6-17(7-13(11)19)2-3-18-8-14-15-9-18/h4,8-9,11,13,19H,2-3,5-7H2,1H3/t11-,13+/m1/s1. The number of aryl methyl sites for hydroxylation is 1. The molecule has 0 unspecified atom stereocenters.